The highest BCUT2D eigenvalue weighted by molar-refractivity contribution is 7.22. The predicted molar refractivity (Wildman–Crippen MR) is 120 cm³/mol. The Labute approximate surface area is 187 Å². The minimum absolute atomic E-state index is 0.0564. The lowest BCUT2D eigenvalue weighted by Crippen LogP contribution is -2.31. The van der Waals surface area contributed by atoms with Crippen molar-refractivity contribution < 1.29 is 18.0 Å². The molecule has 0 aliphatic heterocycles. The number of para-hydroxylation sites is 1. The van der Waals surface area contributed by atoms with Crippen LogP contribution in [0.3, 0.4) is 0 Å². The smallest absolute Gasteiger partial charge is 0.278 e. The van der Waals surface area contributed by atoms with Crippen molar-refractivity contribution in [3.63, 3.8) is 0 Å². The lowest BCUT2D eigenvalue weighted by molar-refractivity contribution is -0.137. The molecule has 32 heavy (non-hydrogen) atoms. The first-order chi connectivity index (χ1) is 15.2. The first kappa shape index (κ1) is 22.0. The van der Waals surface area contributed by atoms with E-state index in [0.29, 0.717) is 10.8 Å². The maximum atomic E-state index is 13.4. The third-order valence-corrected chi connectivity index (χ3v) is 6.06. The molecule has 8 heteroatoms. The van der Waals surface area contributed by atoms with Crippen molar-refractivity contribution in [2.45, 2.75) is 32.5 Å². The molecular weight excluding hydrogens is 435 g/mol. The number of rotatable bonds is 5. The molecule has 0 aliphatic rings. The van der Waals surface area contributed by atoms with Crippen molar-refractivity contribution >= 4 is 32.6 Å². The molecule has 164 valence electrons. The number of carbonyl (C=O) groups excluding carboxylic acids is 1. The first-order valence-electron chi connectivity index (χ1n) is 10.0. The van der Waals surface area contributed by atoms with Crippen molar-refractivity contribution in [1.82, 2.24) is 9.97 Å². The standard InChI is InChI=1S/C24H20F3N3OS/c1-15(2)19-10-6-11-20-21(19)29-23(32-20)30(14-18-9-3-4-12-28-18)22(31)16-7-5-8-17(13-16)24(25,26)27/h3-13,15H,14H2,1-2H3. The zero-order valence-electron chi connectivity index (χ0n) is 17.4. The minimum atomic E-state index is -4.54. The van der Waals surface area contributed by atoms with Crippen molar-refractivity contribution in [2.24, 2.45) is 0 Å². The molecule has 2 aromatic carbocycles. The van der Waals surface area contributed by atoms with Crippen molar-refractivity contribution in [2.75, 3.05) is 4.90 Å². The number of pyridine rings is 1. The van der Waals surface area contributed by atoms with Gasteiger partial charge in [0, 0.05) is 11.8 Å². The maximum absolute atomic E-state index is 13.4. The van der Waals surface area contributed by atoms with Gasteiger partial charge in [-0.3, -0.25) is 14.7 Å². The van der Waals surface area contributed by atoms with Gasteiger partial charge >= 0.3 is 6.18 Å². The Morgan fingerprint density at radius 3 is 2.53 bits per heavy atom. The molecule has 2 heterocycles. The Morgan fingerprint density at radius 2 is 1.84 bits per heavy atom. The van der Waals surface area contributed by atoms with Gasteiger partial charge in [-0.05, 0) is 47.9 Å². The van der Waals surface area contributed by atoms with Crippen LogP contribution in [0.1, 0.15) is 46.9 Å². The molecule has 4 aromatic rings. The number of alkyl halides is 3. The Kier molecular flexibility index (Phi) is 5.97. The average molecular weight is 456 g/mol. The van der Waals surface area contributed by atoms with Crippen molar-refractivity contribution in [3.8, 4) is 0 Å². The van der Waals surface area contributed by atoms with Gasteiger partial charge in [0.15, 0.2) is 5.13 Å². The van der Waals surface area contributed by atoms with E-state index in [0.717, 1.165) is 27.9 Å². The number of anilines is 1. The number of halogens is 3. The number of hydrogen-bond donors (Lipinski definition) is 0. The largest absolute Gasteiger partial charge is 0.416 e. The number of benzene rings is 2. The molecule has 0 saturated heterocycles. The lowest BCUT2D eigenvalue weighted by atomic mass is 10.0. The number of hydrogen-bond acceptors (Lipinski definition) is 4. The summed E-state index contributed by atoms with van der Waals surface area (Å²) in [6.07, 6.45) is -2.93. The molecule has 0 atom stereocenters. The molecular formula is C24H20F3N3OS. The number of thiazole rings is 1. The fraction of sp³-hybridized carbons (Fsp3) is 0.208. The quantitative estimate of drug-likeness (QED) is 0.337. The van der Waals surface area contributed by atoms with Crippen molar-refractivity contribution in [3.05, 3.63) is 89.2 Å². The summed E-state index contributed by atoms with van der Waals surface area (Å²) in [5.74, 6) is -0.330. The Morgan fingerprint density at radius 1 is 1.06 bits per heavy atom. The lowest BCUT2D eigenvalue weighted by Gasteiger charge is -2.20. The van der Waals surface area contributed by atoms with Gasteiger partial charge in [-0.15, -0.1) is 0 Å². The highest BCUT2D eigenvalue weighted by Crippen LogP contribution is 2.35. The van der Waals surface area contributed by atoms with Crippen LogP contribution in [0, 0.1) is 0 Å². The normalized spacial score (nSPS) is 11.8. The fourth-order valence-corrected chi connectivity index (χ4v) is 4.40. The third-order valence-electron chi connectivity index (χ3n) is 5.02. The van der Waals surface area contributed by atoms with Crippen LogP contribution < -0.4 is 4.90 Å². The van der Waals surface area contributed by atoms with Crippen LogP contribution in [0.25, 0.3) is 10.2 Å². The molecule has 0 spiro atoms. The van der Waals surface area contributed by atoms with E-state index in [9.17, 15) is 18.0 Å². The summed E-state index contributed by atoms with van der Waals surface area (Å²) in [6, 6.07) is 15.6. The molecule has 0 fully saturated rings. The molecule has 1 amide bonds. The number of carbonyl (C=O) groups is 1. The second kappa shape index (κ2) is 8.70. The summed E-state index contributed by atoms with van der Waals surface area (Å²) in [4.78, 5) is 23.8. The van der Waals surface area contributed by atoms with Crippen LogP contribution in [0.4, 0.5) is 18.3 Å². The second-order valence-corrected chi connectivity index (χ2v) is 8.65. The summed E-state index contributed by atoms with van der Waals surface area (Å²) >= 11 is 1.33. The monoisotopic (exact) mass is 455 g/mol. The number of amides is 1. The van der Waals surface area contributed by atoms with E-state index in [1.54, 1.807) is 24.4 Å². The van der Waals surface area contributed by atoms with E-state index >= 15 is 0 Å². The molecule has 0 saturated carbocycles. The molecule has 0 N–H and O–H groups in total. The molecule has 2 aromatic heterocycles. The summed E-state index contributed by atoms with van der Waals surface area (Å²) in [6.45, 7) is 4.22. The number of nitrogens with zero attached hydrogens (tertiary/aromatic N) is 3. The highest BCUT2D eigenvalue weighted by Gasteiger charge is 2.32. The maximum Gasteiger partial charge on any atom is 0.416 e. The highest BCUT2D eigenvalue weighted by atomic mass is 32.1. The van der Waals surface area contributed by atoms with Crippen LogP contribution in [0.15, 0.2) is 66.9 Å². The fourth-order valence-electron chi connectivity index (χ4n) is 3.40. The van der Waals surface area contributed by atoms with Gasteiger partial charge in [0.2, 0.25) is 0 Å². The zero-order valence-corrected chi connectivity index (χ0v) is 18.2. The Bertz CT molecular complexity index is 1250. The van der Waals surface area contributed by atoms with Crippen LogP contribution in [0.5, 0.6) is 0 Å². The number of aromatic nitrogens is 2. The Balaban J connectivity index is 1.80. The van der Waals surface area contributed by atoms with Gasteiger partial charge < -0.3 is 0 Å². The van der Waals surface area contributed by atoms with E-state index in [1.807, 2.05) is 18.2 Å². The summed E-state index contributed by atoms with van der Waals surface area (Å²) in [7, 11) is 0. The topological polar surface area (TPSA) is 46.1 Å². The molecule has 4 nitrogen and oxygen atoms in total. The molecule has 0 unspecified atom stereocenters. The molecule has 0 aliphatic carbocycles. The average Bonchev–Trinajstić information content (AvgIpc) is 3.21. The molecule has 4 rings (SSSR count). The van der Waals surface area contributed by atoms with Gasteiger partial charge in [-0.2, -0.15) is 13.2 Å². The first-order valence-corrected chi connectivity index (χ1v) is 10.8. The second-order valence-electron chi connectivity index (χ2n) is 7.64. The van der Waals surface area contributed by atoms with Crippen LogP contribution in [-0.4, -0.2) is 15.9 Å². The van der Waals surface area contributed by atoms with E-state index in [4.69, 9.17) is 4.98 Å². The van der Waals surface area contributed by atoms with E-state index < -0.39 is 17.6 Å². The summed E-state index contributed by atoms with van der Waals surface area (Å²) in [5.41, 5.74) is 1.53. The van der Waals surface area contributed by atoms with E-state index in [2.05, 4.69) is 18.8 Å². The van der Waals surface area contributed by atoms with Crippen molar-refractivity contribution in [1.29, 1.82) is 0 Å². The van der Waals surface area contributed by atoms with Gasteiger partial charge in [0.05, 0.1) is 28.0 Å². The Hall–Kier alpha value is -3.26. The van der Waals surface area contributed by atoms with Crippen LogP contribution in [-0.2, 0) is 12.7 Å². The van der Waals surface area contributed by atoms with Crippen LogP contribution >= 0.6 is 11.3 Å². The molecule has 0 bridgehead atoms. The van der Waals surface area contributed by atoms with E-state index in [1.165, 1.54) is 28.4 Å². The third kappa shape index (κ3) is 4.50. The van der Waals surface area contributed by atoms with Gasteiger partial charge in [0.1, 0.15) is 0 Å². The minimum Gasteiger partial charge on any atom is -0.278 e. The predicted octanol–water partition coefficient (Wildman–Crippen LogP) is 6.68. The van der Waals surface area contributed by atoms with E-state index in [-0.39, 0.29) is 18.0 Å². The number of fused-ring (bicyclic) bond motifs is 1. The van der Waals surface area contributed by atoms with Gasteiger partial charge in [-0.1, -0.05) is 49.4 Å². The van der Waals surface area contributed by atoms with Gasteiger partial charge in [0.25, 0.3) is 5.91 Å². The zero-order chi connectivity index (χ0) is 22.9. The van der Waals surface area contributed by atoms with Crippen LogP contribution in [0.2, 0.25) is 0 Å². The molecule has 0 radical (unpaired) electrons. The van der Waals surface area contributed by atoms with Gasteiger partial charge in [-0.25, -0.2) is 4.98 Å². The summed E-state index contributed by atoms with van der Waals surface area (Å²) < 4.78 is 40.6. The summed E-state index contributed by atoms with van der Waals surface area (Å²) in [5, 5.41) is 0.418. The SMILES string of the molecule is CC(C)c1cccc2sc(N(Cc3ccccn3)C(=O)c3cccc(C(F)(F)F)c3)nc12.